The van der Waals surface area contributed by atoms with Gasteiger partial charge in [0.05, 0.1) is 54.7 Å². The molecule has 488 valence electrons. The van der Waals surface area contributed by atoms with Crippen molar-refractivity contribution in [1.29, 1.82) is 0 Å². The summed E-state index contributed by atoms with van der Waals surface area (Å²) in [5, 5.41) is 51.0. The third-order valence-corrected chi connectivity index (χ3v) is 14.8. The predicted molar refractivity (Wildman–Crippen MR) is 319 cm³/mol. The number of nitrogens with two attached hydrogens (primary N) is 2. The smallest absolute Gasteiger partial charge is 0.481 e. The van der Waals surface area contributed by atoms with E-state index in [9.17, 15) is 71.3 Å². The number of fused-ring (bicyclic) bond motifs is 5. The summed E-state index contributed by atoms with van der Waals surface area (Å²) in [6.07, 6.45) is -4.73. The molecule has 0 radical (unpaired) electrons. The molecule has 3 aliphatic rings. The molecular formula is C60H66F3N13O16. The fraction of sp³-hybridized carbons (Fsp3) is 0.367. The molecule has 92 heavy (non-hydrogen) atoms. The van der Waals surface area contributed by atoms with Crippen molar-refractivity contribution in [2.45, 2.75) is 114 Å². The van der Waals surface area contributed by atoms with E-state index in [2.05, 4.69) is 47.4 Å². The van der Waals surface area contributed by atoms with E-state index >= 15 is 0 Å². The minimum Gasteiger partial charge on any atom is -0.481 e. The Balaban J connectivity index is 0.00000162. The van der Waals surface area contributed by atoms with Gasteiger partial charge in [0.25, 0.3) is 5.56 Å². The second kappa shape index (κ2) is 31.1. The van der Waals surface area contributed by atoms with Crippen LogP contribution in [0, 0.1) is 0 Å². The Morgan fingerprint density at radius 2 is 1.39 bits per heavy atom. The molecule has 0 bridgehead atoms. The first-order chi connectivity index (χ1) is 43.8. The van der Waals surface area contributed by atoms with Gasteiger partial charge in [-0.1, -0.05) is 84.9 Å². The largest absolute Gasteiger partial charge is 0.490 e. The number of carboxylic acid groups (broad SMARTS) is 2. The average Bonchev–Trinajstić information content (AvgIpc) is 1.51. The van der Waals surface area contributed by atoms with Crippen molar-refractivity contribution in [2.24, 2.45) is 21.6 Å². The van der Waals surface area contributed by atoms with Gasteiger partial charge in [0.1, 0.15) is 37.4 Å². The van der Waals surface area contributed by atoms with E-state index in [0.717, 1.165) is 5.39 Å². The maximum Gasteiger partial charge on any atom is 0.490 e. The summed E-state index contributed by atoms with van der Waals surface area (Å²) in [5.74, 6) is -10.4. The van der Waals surface area contributed by atoms with Crippen LogP contribution >= 0.6 is 0 Å². The highest BCUT2D eigenvalue weighted by molar-refractivity contribution is 6.03. The SMILES string of the molecule is CC[C@@]1(O)C(=O)OCc2c1cc1n(c2=O)Cc2c-1nc1ccccc1c2/C=N/OCCNC(=O)CCC(=O)NCc1ccc(C[C@@H]2NC(=O)[C@H](CCCN=C(N)N)NC(=O)CNC(=O)[C@H](CC(=O)O)NC(=O)[C@@H](Cc3ccccc3)NC2=O)cc1.O=C(O)C(F)(F)F. The molecule has 0 spiro atoms. The first-order valence-corrected chi connectivity index (χ1v) is 28.7. The molecule has 5 aromatic rings. The number of halogens is 3. The number of rotatable bonds is 21. The molecule has 7 amide bonds. The molecule has 2 aromatic heterocycles. The number of para-hydroxylation sites is 1. The van der Waals surface area contributed by atoms with Gasteiger partial charge in [-0.3, -0.25) is 48.1 Å². The van der Waals surface area contributed by atoms with Crippen LogP contribution in [0.25, 0.3) is 22.3 Å². The summed E-state index contributed by atoms with van der Waals surface area (Å²) >= 11 is 0. The number of cyclic esters (lactones) is 1. The lowest BCUT2D eigenvalue weighted by molar-refractivity contribution is -0.192. The molecule has 29 nitrogen and oxygen atoms in total. The average molecular weight is 1280 g/mol. The number of carbonyl (C=O) groups excluding carboxylic acids is 8. The first-order valence-electron chi connectivity index (χ1n) is 28.7. The number of aromatic nitrogens is 2. The quantitative estimate of drug-likeness (QED) is 0.0144. The molecular weight excluding hydrogens is 1220 g/mol. The third-order valence-electron chi connectivity index (χ3n) is 14.8. The number of alkyl halides is 3. The van der Waals surface area contributed by atoms with Gasteiger partial charge in [0, 0.05) is 60.8 Å². The van der Waals surface area contributed by atoms with Crippen molar-refractivity contribution in [3.63, 3.8) is 0 Å². The lowest BCUT2D eigenvalue weighted by Gasteiger charge is -2.31. The van der Waals surface area contributed by atoms with E-state index in [1.54, 1.807) is 67.6 Å². The molecule has 5 heterocycles. The number of nitrogens with one attached hydrogen (secondary N) is 7. The van der Waals surface area contributed by atoms with E-state index in [1.807, 2.05) is 24.3 Å². The number of aliphatic hydroxyl groups is 1. The van der Waals surface area contributed by atoms with Crippen molar-refractivity contribution in [1.82, 2.24) is 46.8 Å². The van der Waals surface area contributed by atoms with Crippen LogP contribution in [0.4, 0.5) is 13.2 Å². The zero-order chi connectivity index (χ0) is 66.9. The Morgan fingerprint density at radius 3 is 2.02 bits per heavy atom. The molecule has 0 aliphatic carbocycles. The highest BCUT2D eigenvalue weighted by Gasteiger charge is 2.46. The molecule has 5 atom stereocenters. The van der Waals surface area contributed by atoms with Crippen LogP contribution in [0.1, 0.15) is 84.4 Å². The summed E-state index contributed by atoms with van der Waals surface area (Å²) in [7, 11) is 0. The standard InChI is InChI=1S/C58H65N13O14.C2HF3O2/c1-2-58(83)39-25-45-50-37(30-71(45)55(81)38(39)31-84-56(58)82)36(35-11-6-7-12-40(35)67-50)28-65-85-22-21-61-46(72)18-19-47(73)63-27-34-16-14-33(15-17-34)24-43-53(79)69-42(23-32-9-4-3-5-10-32)54(80)70-44(26-49(75)76)51(77)64-29-48(74)66-41(52(78)68-43)13-8-20-62-57(59)60;3-2(4,5)1(6)7/h3-7,9-12,14-17,25,28,41-44,83H,2,8,13,18-24,26-27,29-31H2,1H3,(H,61,72)(H,63,73)(H,64,77)(H,66,74)(H,68,78)(H,69,79)(H,70,80)(H,75,76)(H4,59,60,62);(H,6,7)/b65-28+;/t41-,42+,43-,44-,58-;/m0./s1. The number of hydrogen-bond acceptors (Lipinski definition) is 17. The van der Waals surface area contributed by atoms with E-state index in [-0.39, 0.29) is 101 Å². The Kier molecular flexibility index (Phi) is 23.2. The zero-order valence-electron chi connectivity index (χ0n) is 49.3. The normalized spacial score (nSPS) is 19.1. The molecule has 1 saturated heterocycles. The number of nitrogens with zero attached hydrogens (tertiary/aromatic N) is 4. The summed E-state index contributed by atoms with van der Waals surface area (Å²) in [6, 6.07) is 18.6. The van der Waals surface area contributed by atoms with Gasteiger partial charge in [-0.25, -0.2) is 14.6 Å². The molecule has 0 saturated carbocycles. The summed E-state index contributed by atoms with van der Waals surface area (Å²) < 4.78 is 38.5. The van der Waals surface area contributed by atoms with Gasteiger partial charge in [-0.2, -0.15) is 13.2 Å². The number of ether oxygens (including phenoxy) is 1. The molecule has 32 heteroatoms. The maximum absolute atomic E-state index is 14.3. The van der Waals surface area contributed by atoms with Crippen LogP contribution in [0.3, 0.4) is 0 Å². The highest BCUT2D eigenvalue weighted by atomic mass is 19.4. The van der Waals surface area contributed by atoms with E-state index in [4.69, 9.17) is 35.9 Å². The third kappa shape index (κ3) is 18.2. The zero-order valence-corrected chi connectivity index (χ0v) is 49.3. The molecule has 14 N–H and O–H groups in total. The Bertz CT molecular complexity index is 3750. The van der Waals surface area contributed by atoms with Gasteiger partial charge >= 0.3 is 24.1 Å². The molecule has 8 rings (SSSR count). The Hall–Kier alpha value is -10.8. The summed E-state index contributed by atoms with van der Waals surface area (Å²) in [5.41, 5.74) is 13.6. The fourth-order valence-electron chi connectivity index (χ4n) is 10.00. The van der Waals surface area contributed by atoms with Gasteiger partial charge < -0.3 is 78.1 Å². The predicted octanol–water partition coefficient (Wildman–Crippen LogP) is -0.341. The van der Waals surface area contributed by atoms with Gasteiger partial charge in [0.2, 0.25) is 41.4 Å². The number of amides is 7. The minimum absolute atomic E-state index is 0.00398. The number of carbonyl (C=O) groups is 10. The van der Waals surface area contributed by atoms with E-state index < -0.39 is 114 Å². The van der Waals surface area contributed by atoms with Crippen LogP contribution in [-0.4, -0.2) is 153 Å². The minimum atomic E-state index is -5.08. The number of oxime groups is 1. The number of guanidine groups is 1. The Labute approximate surface area is 520 Å². The molecule has 3 aliphatic heterocycles. The van der Waals surface area contributed by atoms with Crippen LogP contribution in [0.5, 0.6) is 0 Å². The van der Waals surface area contributed by atoms with Gasteiger partial charge in [0.15, 0.2) is 11.6 Å². The lowest BCUT2D eigenvalue weighted by Crippen LogP contribution is -2.58. The van der Waals surface area contributed by atoms with Crippen molar-refractivity contribution in [3.8, 4) is 11.4 Å². The van der Waals surface area contributed by atoms with Gasteiger partial charge in [-0.05, 0) is 48.1 Å². The maximum atomic E-state index is 14.3. The van der Waals surface area contributed by atoms with Crippen LogP contribution in [0.15, 0.2) is 99.9 Å². The van der Waals surface area contributed by atoms with E-state index in [0.29, 0.717) is 44.7 Å². The van der Waals surface area contributed by atoms with Crippen molar-refractivity contribution in [3.05, 3.63) is 134 Å². The monoisotopic (exact) mass is 1280 g/mol. The van der Waals surface area contributed by atoms with Crippen LogP contribution in [0.2, 0.25) is 0 Å². The number of pyridine rings is 2. The lowest BCUT2D eigenvalue weighted by atomic mass is 9.86. The molecule has 0 unspecified atom stereocenters. The number of hydrogen-bond donors (Lipinski definition) is 12. The number of esters is 1. The van der Waals surface area contributed by atoms with Crippen molar-refractivity contribution in [2.75, 3.05) is 26.2 Å². The van der Waals surface area contributed by atoms with Crippen LogP contribution < -0.4 is 54.2 Å². The summed E-state index contributed by atoms with van der Waals surface area (Å²) in [4.78, 5) is 156. The molecule has 3 aromatic carbocycles. The topological polar surface area (TPSA) is 446 Å². The summed E-state index contributed by atoms with van der Waals surface area (Å²) in [6.45, 7) is 1.03. The van der Waals surface area contributed by atoms with E-state index in [1.165, 1.54) is 10.8 Å². The van der Waals surface area contributed by atoms with Crippen molar-refractivity contribution < 1.29 is 86.0 Å². The second-order valence-electron chi connectivity index (χ2n) is 21.2. The molecule has 1 fully saturated rings. The number of aliphatic imine (C=N–C) groups is 1. The van der Waals surface area contributed by atoms with Crippen molar-refractivity contribution >= 4 is 82.3 Å². The highest BCUT2D eigenvalue weighted by Crippen LogP contribution is 2.40. The number of carboxylic acids is 2. The second-order valence-corrected chi connectivity index (χ2v) is 21.2. The van der Waals surface area contributed by atoms with Crippen LogP contribution in [-0.2, 0) is 95.7 Å². The number of benzene rings is 3. The Morgan fingerprint density at radius 1 is 0.793 bits per heavy atom. The van der Waals surface area contributed by atoms with Gasteiger partial charge in [-0.15, -0.1) is 0 Å². The fourth-order valence-corrected chi connectivity index (χ4v) is 10.00. The number of aliphatic carboxylic acids is 2. The first kappa shape index (κ1) is 68.7.